The number of rotatable bonds is 10. The van der Waals surface area contributed by atoms with E-state index in [-0.39, 0.29) is 0 Å². The van der Waals surface area contributed by atoms with Crippen LogP contribution in [0.2, 0.25) is 0 Å². The highest BCUT2D eigenvalue weighted by Crippen LogP contribution is 2.38. The molecule has 0 aromatic heterocycles. The van der Waals surface area contributed by atoms with Crippen LogP contribution in [-0.2, 0) is 9.84 Å². The zero-order valence-corrected chi connectivity index (χ0v) is 25.5. The largest absolute Gasteiger partial charge is 0.497 e. The van der Waals surface area contributed by atoms with E-state index in [1.54, 1.807) is 74.9 Å². The molecule has 0 bridgehead atoms. The van der Waals surface area contributed by atoms with Crippen LogP contribution in [0.3, 0.4) is 0 Å². The molecule has 4 aromatic carbocycles. The van der Waals surface area contributed by atoms with E-state index in [2.05, 4.69) is 31.9 Å². The van der Waals surface area contributed by atoms with Gasteiger partial charge in [-0.15, -0.1) is 0 Å². The van der Waals surface area contributed by atoms with Crippen molar-refractivity contribution in [1.29, 1.82) is 0 Å². The van der Waals surface area contributed by atoms with E-state index in [0.717, 1.165) is 20.1 Å². The van der Waals surface area contributed by atoms with Crippen LogP contribution in [0.5, 0.6) is 11.5 Å². The molecule has 0 heterocycles. The van der Waals surface area contributed by atoms with E-state index < -0.39 is 20.3 Å². The zero-order chi connectivity index (χ0) is 27.8. The summed E-state index contributed by atoms with van der Waals surface area (Å²) in [5.41, 5.74) is 3.11. The average Bonchev–Trinajstić information content (AvgIpc) is 2.95. The van der Waals surface area contributed by atoms with Gasteiger partial charge < -0.3 is 9.47 Å². The summed E-state index contributed by atoms with van der Waals surface area (Å²) >= 11 is 6.90. The van der Waals surface area contributed by atoms with Gasteiger partial charge in [0.05, 0.1) is 14.2 Å². The third kappa shape index (κ3) is 7.50. The van der Waals surface area contributed by atoms with E-state index in [4.69, 9.17) is 9.47 Å². The van der Waals surface area contributed by atoms with Crippen LogP contribution in [0.4, 0.5) is 0 Å². The molecule has 39 heavy (non-hydrogen) atoms. The van der Waals surface area contributed by atoms with Gasteiger partial charge in [0, 0.05) is 8.95 Å². The topological polar surface area (TPSA) is 52.6 Å². The minimum atomic E-state index is -3.84. The Kier molecular flexibility index (Phi) is 9.83. The van der Waals surface area contributed by atoms with Crippen molar-refractivity contribution in [1.82, 2.24) is 0 Å². The van der Waals surface area contributed by atoms with Crippen LogP contribution in [0.1, 0.15) is 32.8 Å². The molecule has 4 rings (SSSR count). The Morgan fingerprint density at radius 3 is 1.21 bits per heavy atom. The Balaban J connectivity index is 1.82. The van der Waals surface area contributed by atoms with Gasteiger partial charge in [-0.3, -0.25) is 0 Å². The number of hydrogen-bond donors (Lipinski definition) is 0. The quantitative estimate of drug-likeness (QED) is 0.170. The van der Waals surface area contributed by atoms with Gasteiger partial charge in [-0.25, -0.2) is 8.42 Å². The van der Waals surface area contributed by atoms with Gasteiger partial charge in [0.1, 0.15) is 22.0 Å². The molecule has 0 N–H and O–H groups in total. The number of sulfone groups is 1. The molecule has 0 radical (unpaired) electrons. The first-order chi connectivity index (χ1) is 18.8. The van der Waals surface area contributed by atoms with Crippen LogP contribution < -0.4 is 9.47 Å². The molecule has 0 aliphatic carbocycles. The third-order valence-electron chi connectivity index (χ3n) is 6.26. The summed E-state index contributed by atoms with van der Waals surface area (Å²) in [4.78, 5) is 0. The van der Waals surface area contributed by atoms with Crippen LogP contribution in [0.15, 0.2) is 118 Å². The van der Waals surface area contributed by atoms with Crippen molar-refractivity contribution >= 4 is 53.8 Å². The smallest absolute Gasteiger partial charge is 0.171 e. The second kappa shape index (κ2) is 13.3. The molecule has 4 aromatic rings. The predicted molar refractivity (Wildman–Crippen MR) is 167 cm³/mol. The SMILES string of the molecule is COc1ccc(C(C=Cc2ccc(Br)cc2)S(=O)(=O)C(C=Cc2ccc(Br)cc2)c2ccc(OC)cc2)cc1. The maximum atomic E-state index is 14.5. The highest BCUT2D eigenvalue weighted by Gasteiger charge is 2.33. The molecule has 4 nitrogen and oxygen atoms in total. The number of benzene rings is 4. The molecule has 7 heteroatoms. The lowest BCUT2D eigenvalue weighted by molar-refractivity contribution is 0.414. The first-order valence-electron chi connectivity index (χ1n) is 12.2. The molecule has 2 atom stereocenters. The summed E-state index contributed by atoms with van der Waals surface area (Å²) < 4.78 is 41.6. The molecule has 2 unspecified atom stereocenters. The lowest BCUT2D eigenvalue weighted by Crippen LogP contribution is -2.19. The van der Waals surface area contributed by atoms with Gasteiger partial charge >= 0.3 is 0 Å². The molecule has 200 valence electrons. The van der Waals surface area contributed by atoms with Gasteiger partial charge in [0.2, 0.25) is 0 Å². The Morgan fingerprint density at radius 2 is 0.897 bits per heavy atom. The van der Waals surface area contributed by atoms with Crippen molar-refractivity contribution in [2.75, 3.05) is 14.2 Å². The molecule has 0 saturated carbocycles. The summed E-state index contributed by atoms with van der Waals surface area (Å²) in [5.74, 6) is 1.32. The molecular formula is C32H28Br2O4S. The summed E-state index contributed by atoms with van der Waals surface area (Å²) in [6.45, 7) is 0. The fourth-order valence-corrected chi connectivity index (χ4v) is 6.62. The summed E-state index contributed by atoms with van der Waals surface area (Å²) in [6.07, 6.45) is 7.21. The second-order valence-corrected chi connectivity index (χ2v) is 12.8. The highest BCUT2D eigenvalue weighted by molar-refractivity contribution is 9.10. The van der Waals surface area contributed by atoms with Gasteiger partial charge in [0.15, 0.2) is 9.84 Å². The fraction of sp³-hybridized carbons (Fsp3) is 0.125. The maximum absolute atomic E-state index is 14.5. The lowest BCUT2D eigenvalue weighted by Gasteiger charge is -2.22. The van der Waals surface area contributed by atoms with E-state index in [1.165, 1.54) is 0 Å². The molecule has 0 aliphatic rings. The van der Waals surface area contributed by atoms with Crippen LogP contribution in [0, 0.1) is 0 Å². The lowest BCUT2D eigenvalue weighted by atomic mass is 10.1. The van der Waals surface area contributed by atoms with Crippen molar-refractivity contribution in [3.05, 3.63) is 140 Å². The van der Waals surface area contributed by atoms with Crippen LogP contribution >= 0.6 is 31.9 Å². The fourth-order valence-electron chi connectivity index (χ4n) is 4.11. The normalized spacial score (nSPS) is 13.4. The molecule has 0 amide bonds. The van der Waals surface area contributed by atoms with Crippen molar-refractivity contribution in [3.8, 4) is 11.5 Å². The molecule has 0 aliphatic heterocycles. The van der Waals surface area contributed by atoms with Gasteiger partial charge in [-0.05, 0) is 70.8 Å². The monoisotopic (exact) mass is 666 g/mol. The zero-order valence-electron chi connectivity index (χ0n) is 21.5. The minimum Gasteiger partial charge on any atom is -0.497 e. The highest BCUT2D eigenvalue weighted by atomic mass is 79.9. The van der Waals surface area contributed by atoms with Gasteiger partial charge in [-0.1, -0.05) is 105 Å². The standard InChI is InChI=1S/C32H28Br2O4S/c1-37-29-17-9-25(10-18-29)31(21-7-23-3-13-27(33)14-4-23)39(35,36)32(26-11-19-30(38-2)20-12-26)22-8-24-5-15-28(34)16-6-24/h3-22,31-32H,1-2H3. The van der Waals surface area contributed by atoms with Crippen molar-refractivity contribution in [2.24, 2.45) is 0 Å². The summed E-state index contributed by atoms with van der Waals surface area (Å²) in [6, 6.07) is 29.8. The molecule has 0 fully saturated rings. The van der Waals surface area contributed by atoms with Gasteiger partial charge in [-0.2, -0.15) is 0 Å². The minimum absolute atomic E-state index is 0.653. The van der Waals surface area contributed by atoms with E-state index >= 15 is 0 Å². The Morgan fingerprint density at radius 1 is 0.564 bits per heavy atom. The third-order valence-corrected chi connectivity index (χ3v) is 9.60. The van der Waals surface area contributed by atoms with E-state index in [1.807, 2.05) is 60.7 Å². The van der Waals surface area contributed by atoms with Crippen molar-refractivity contribution < 1.29 is 17.9 Å². The molecule has 0 spiro atoms. The van der Waals surface area contributed by atoms with E-state index in [0.29, 0.717) is 22.6 Å². The Bertz CT molecular complexity index is 1410. The van der Waals surface area contributed by atoms with Crippen molar-refractivity contribution in [2.45, 2.75) is 10.5 Å². The Labute approximate surface area is 247 Å². The van der Waals surface area contributed by atoms with Crippen LogP contribution in [-0.4, -0.2) is 22.6 Å². The first kappa shape index (κ1) is 28.9. The first-order valence-corrected chi connectivity index (χ1v) is 15.4. The Hall–Kier alpha value is -3.13. The summed E-state index contributed by atoms with van der Waals surface area (Å²) in [7, 11) is -0.666. The van der Waals surface area contributed by atoms with Gasteiger partial charge in [0.25, 0.3) is 0 Å². The number of halogens is 2. The molecular weight excluding hydrogens is 640 g/mol. The summed E-state index contributed by atoms with van der Waals surface area (Å²) in [5, 5.41) is -1.82. The second-order valence-electron chi connectivity index (χ2n) is 8.80. The predicted octanol–water partition coefficient (Wildman–Crippen LogP) is 8.85. The van der Waals surface area contributed by atoms with Crippen LogP contribution in [0.25, 0.3) is 12.2 Å². The maximum Gasteiger partial charge on any atom is 0.171 e. The number of ether oxygens (including phenoxy) is 2. The number of hydrogen-bond acceptors (Lipinski definition) is 4. The number of methoxy groups -OCH3 is 2. The van der Waals surface area contributed by atoms with E-state index in [9.17, 15) is 8.42 Å². The molecule has 0 saturated heterocycles. The van der Waals surface area contributed by atoms with Crippen molar-refractivity contribution in [3.63, 3.8) is 0 Å². The average molecular weight is 668 g/mol.